The molecule has 3 amide bonds. The van der Waals surface area contributed by atoms with Crippen LogP contribution in [-0.4, -0.2) is 52.4 Å². The molecular formula is C22H19F4N3O4. The summed E-state index contributed by atoms with van der Waals surface area (Å²) in [5, 5.41) is 14.6. The van der Waals surface area contributed by atoms with E-state index in [4.69, 9.17) is 0 Å². The van der Waals surface area contributed by atoms with Gasteiger partial charge in [0, 0.05) is 24.6 Å². The van der Waals surface area contributed by atoms with Crippen LogP contribution in [0.4, 0.5) is 17.6 Å². The van der Waals surface area contributed by atoms with Gasteiger partial charge in [-0.05, 0) is 42.3 Å². The minimum atomic E-state index is -4.95. The third-order valence-electron chi connectivity index (χ3n) is 5.75. The molecule has 2 heterocycles. The molecule has 0 bridgehead atoms. The Morgan fingerprint density at radius 1 is 1.15 bits per heavy atom. The van der Waals surface area contributed by atoms with Gasteiger partial charge in [-0.25, -0.2) is 4.39 Å². The standard InChI is InChI=1S/C22H19F4N3O4/c23-16-6-3-12(8-15(16)22(24,25)26)19(31)27-13-9-18-20(32)28-17(21(33)29(18)10-13)7-11-1-4-14(30)5-2-11/h1-6,8,13,17-18,30H,7,9-10H2,(H,27,31)(H,28,32)/t13-,17+,18-/m0/s1. The summed E-state index contributed by atoms with van der Waals surface area (Å²) < 4.78 is 52.3. The Morgan fingerprint density at radius 3 is 2.52 bits per heavy atom. The summed E-state index contributed by atoms with van der Waals surface area (Å²) in [6, 6.07) is 5.84. The lowest BCUT2D eigenvalue weighted by atomic mass is 10.0. The van der Waals surface area contributed by atoms with E-state index in [1.807, 2.05) is 0 Å². The fraction of sp³-hybridized carbons (Fsp3) is 0.318. The molecule has 4 rings (SSSR count). The zero-order valence-corrected chi connectivity index (χ0v) is 17.0. The molecule has 0 radical (unpaired) electrons. The lowest BCUT2D eigenvalue weighted by molar-refractivity contribution is -0.147. The number of benzene rings is 2. The van der Waals surface area contributed by atoms with Crippen molar-refractivity contribution in [3.8, 4) is 5.75 Å². The zero-order valence-electron chi connectivity index (χ0n) is 17.0. The molecule has 33 heavy (non-hydrogen) atoms. The highest BCUT2D eigenvalue weighted by atomic mass is 19.4. The summed E-state index contributed by atoms with van der Waals surface area (Å²) in [5.74, 6) is -3.01. The van der Waals surface area contributed by atoms with Crippen molar-refractivity contribution in [1.82, 2.24) is 15.5 Å². The van der Waals surface area contributed by atoms with Crippen molar-refractivity contribution in [2.75, 3.05) is 6.54 Å². The number of phenolic OH excluding ortho intramolecular Hbond substituents is 1. The number of halogens is 4. The van der Waals surface area contributed by atoms with Crippen LogP contribution in [0, 0.1) is 5.82 Å². The highest BCUT2D eigenvalue weighted by molar-refractivity contribution is 5.98. The van der Waals surface area contributed by atoms with Crippen LogP contribution >= 0.6 is 0 Å². The molecule has 0 saturated carbocycles. The molecule has 2 fully saturated rings. The molecule has 174 valence electrons. The van der Waals surface area contributed by atoms with E-state index in [1.54, 1.807) is 12.1 Å². The lowest BCUT2D eigenvalue weighted by Gasteiger charge is -2.34. The highest BCUT2D eigenvalue weighted by Gasteiger charge is 2.46. The average molecular weight is 465 g/mol. The van der Waals surface area contributed by atoms with Crippen LogP contribution in [0.25, 0.3) is 0 Å². The molecule has 2 aliphatic rings. The van der Waals surface area contributed by atoms with E-state index in [-0.39, 0.29) is 36.6 Å². The van der Waals surface area contributed by atoms with E-state index in [1.165, 1.54) is 17.0 Å². The van der Waals surface area contributed by atoms with Crippen LogP contribution in [0.15, 0.2) is 42.5 Å². The number of alkyl halides is 3. The topological polar surface area (TPSA) is 98.7 Å². The van der Waals surface area contributed by atoms with Gasteiger partial charge in [0.25, 0.3) is 5.91 Å². The molecule has 2 aromatic carbocycles. The van der Waals surface area contributed by atoms with E-state index < -0.39 is 47.5 Å². The monoisotopic (exact) mass is 465 g/mol. The predicted molar refractivity (Wildman–Crippen MR) is 107 cm³/mol. The molecular weight excluding hydrogens is 446 g/mol. The Morgan fingerprint density at radius 2 is 1.85 bits per heavy atom. The number of hydrogen-bond donors (Lipinski definition) is 3. The Hall–Kier alpha value is -3.63. The van der Waals surface area contributed by atoms with Crippen LogP contribution in [-0.2, 0) is 22.2 Å². The van der Waals surface area contributed by atoms with Gasteiger partial charge in [0.15, 0.2) is 0 Å². The first-order chi connectivity index (χ1) is 15.5. The Labute approximate surface area is 185 Å². The number of phenols is 1. The molecule has 2 aromatic rings. The predicted octanol–water partition coefficient (Wildman–Crippen LogP) is 1.99. The van der Waals surface area contributed by atoms with Crippen LogP contribution in [0.2, 0.25) is 0 Å². The van der Waals surface area contributed by atoms with Gasteiger partial charge in [-0.1, -0.05) is 12.1 Å². The second kappa shape index (κ2) is 8.38. The van der Waals surface area contributed by atoms with Crippen LogP contribution in [0.5, 0.6) is 5.75 Å². The average Bonchev–Trinajstić information content (AvgIpc) is 3.17. The smallest absolute Gasteiger partial charge is 0.419 e. The fourth-order valence-electron chi connectivity index (χ4n) is 4.12. The summed E-state index contributed by atoms with van der Waals surface area (Å²) >= 11 is 0. The summed E-state index contributed by atoms with van der Waals surface area (Å²) in [6.45, 7) is 0.0159. The molecule has 3 atom stereocenters. The van der Waals surface area contributed by atoms with Crippen molar-refractivity contribution in [2.24, 2.45) is 0 Å². The van der Waals surface area contributed by atoms with Gasteiger partial charge in [-0.15, -0.1) is 0 Å². The van der Waals surface area contributed by atoms with Gasteiger partial charge in [0.1, 0.15) is 23.7 Å². The van der Waals surface area contributed by atoms with Crippen molar-refractivity contribution >= 4 is 17.7 Å². The molecule has 0 aromatic heterocycles. The van der Waals surface area contributed by atoms with Gasteiger partial charge in [0.05, 0.1) is 5.56 Å². The van der Waals surface area contributed by atoms with Crippen LogP contribution in [0.1, 0.15) is 27.9 Å². The summed E-state index contributed by atoms with van der Waals surface area (Å²) in [5.41, 5.74) is -1.20. The number of nitrogens with one attached hydrogen (secondary N) is 2. The van der Waals surface area contributed by atoms with Crippen molar-refractivity contribution in [3.63, 3.8) is 0 Å². The third-order valence-corrected chi connectivity index (χ3v) is 5.75. The van der Waals surface area contributed by atoms with Gasteiger partial charge in [-0.2, -0.15) is 13.2 Å². The van der Waals surface area contributed by atoms with Gasteiger partial charge >= 0.3 is 6.18 Å². The molecule has 0 aliphatic carbocycles. The maximum Gasteiger partial charge on any atom is 0.419 e. The number of carbonyl (C=O) groups is 3. The number of carbonyl (C=O) groups excluding carboxylic acids is 3. The van der Waals surface area contributed by atoms with Gasteiger partial charge < -0.3 is 20.6 Å². The first-order valence-electron chi connectivity index (χ1n) is 10.1. The van der Waals surface area contributed by atoms with E-state index >= 15 is 0 Å². The maximum atomic E-state index is 13.5. The quantitative estimate of drug-likeness (QED) is 0.602. The summed E-state index contributed by atoms with van der Waals surface area (Å²) in [7, 11) is 0. The number of fused-ring (bicyclic) bond motifs is 1. The van der Waals surface area contributed by atoms with Gasteiger partial charge in [0.2, 0.25) is 11.8 Å². The highest BCUT2D eigenvalue weighted by Crippen LogP contribution is 2.32. The van der Waals surface area contributed by atoms with E-state index in [9.17, 15) is 37.1 Å². The minimum absolute atomic E-state index is 0.0159. The van der Waals surface area contributed by atoms with Crippen LogP contribution < -0.4 is 10.6 Å². The van der Waals surface area contributed by atoms with Crippen molar-refractivity contribution < 1.29 is 37.1 Å². The molecule has 0 unspecified atom stereocenters. The minimum Gasteiger partial charge on any atom is -0.508 e. The second-order valence-corrected chi connectivity index (χ2v) is 8.04. The second-order valence-electron chi connectivity index (χ2n) is 8.04. The largest absolute Gasteiger partial charge is 0.508 e. The summed E-state index contributed by atoms with van der Waals surface area (Å²) in [6.07, 6.45) is -4.64. The third kappa shape index (κ3) is 4.62. The molecule has 11 heteroatoms. The SMILES string of the molecule is O=C(N[C@H]1C[C@H]2C(=O)N[C@H](Cc3ccc(O)cc3)C(=O)N2C1)c1ccc(F)c(C(F)(F)F)c1. The van der Waals surface area contributed by atoms with E-state index in [0.29, 0.717) is 12.1 Å². The Balaban J connectivity index is 1.44. The molecule has 2 aliphatic heterocycles. The number of piperazine rings is 1. The number of amides is 3. The molecule has 3 N–H and O–H groups in total. The maximum absolute atomic E-state index is 13.5. The van der Waals surface area contributed by atoms with E-state index in [0.717, 1.165) is 11.6 Å². The zero-order chi connectivity index (χ0) is 23.9. The van der Waals surface area contributed by atoms with Crippen LogP contribution in [0.3, 0.4) is 0 Å². The van der Waals surface area contributed by atoms with Gasteiger partial charge in [-0.3, -0.25) is 14.4 Å². The Bertz CT molecular complexity index is 1100. The first kappa shape index (κ1) is 22.6. The van der Waals surface area contributed by atoms with Crippen molar-refractivity contribution in [3.05, 3.63) is 65.0 Å². The molecule has 2 saturated heterocycles. The summed E-state index contributed by atoms with van der Waals surface area (Å²) in [4.78, 5) is 39.3. The van der Waals surface area contributed by atoms with Crippen molar-refractivity contribution in [1.29, 1.82) is 0 Å². The van der Waals surface area contributed by atoms with E-state index in [2.05, 4.69) is 10.6 Å². The number of nitrogens with zero attached hydrogens (tertiary/aromatic N) is 1. The Kier molecular flexibility index (Phi) is 5.73. The number of hydrogen-bond acceptors (Lipinski definition) is 4. The molecule has 7 nitrogen and oxygen atoms in total. The first-order valence-corrected chi connectivity index (χ1v) is 10.1. The molecule has 0 spiro atoms. The number of rotatable bonds is 4. The van der Waals surface area contributed by atoms with Crippen molar-refractivity contribution in [2.45, 2.75) is 37.1 Å². The lowest BCUT2D eigenvalue weighted by Crippen LogP contribution is -2.61. The fourth-order valence-corrected chi connectivity index (χ4v) is 4.12. The number of aromatic hydroxyl groups is 1. The normalized spacial score (nSPS) is 22.7.